The van der Waals surface area contributed by atoms with Crippen molar-refractivity contribution in [2.75, 3.05) is 5.73 Å². The van der Waals surface area contributed by atoms with Crippen LogP contribution >= 0.6 is 0 Å². The molecule has 122 valence electrons. The second-order valence-corrected chi connectivity index (χ2v) is 4.97. The van der Waals surface area contributed by atoms with Gasteiger partial charge in [0.05, 0.1) is 23.9 Å². The zero-order valence-electron chi connectivity index (χ0n) is 12.6. The minimum Gasteiger partial charge on any atom is -0.399 e. The molecule has 0 atom stereocenters. The van der Waals surface area contributed by atoms with Crippen molar-refractivity contribution in [3.05, 3.63) is 60.2 Å². The molecule has 0 unspecified atom stereocenters. The monoisotopic (exact) mass is 323 g/mol. The van der Waals surface area contributed by atoms with E-state index in [0.29, 0.717) is 5.69 Å². The van der Waals surface area contributed by atoms with Gasteiger partial charge in [0, 0.05) is 29.5 Å². The molecule has 2 heterocycles. The number of benzene rings is 1. The smallest absolute Gasteiger partial charge is 0.399 e. The number of halogens is 3. The molecule has 5 nitrogen and oxygen atoms in total. The van der Waals surface area contributed by atoms with E-state index in [0.717, 1.165) is 23.5 Å². The van der Waals surface area contributed by atoms with Gasteiger partial charge < -0.3 is 15.3 Å². The summed E-state index contributed by atoms with van der Waals surface area (Å²) in [5, 5.41) is 0. The third kappa shape index (κ3) is 4.60. The van der Waals surface area contributed by atoms with E-state index < -0.39 is 11.7 Å². The van der Waals surface area contributed by atoms with Gasteiger partial charge in [-0.05, 0) is 32.0 Å². The summed E-state index contributed by atoms with van der Waals surface area (Å²) in [5.74, 6) is 0. The maximum atomic E-state index is 12.6. The van der Waals surface area contributed by atoms with E-state index in [-0.39, 0.29) is 5.69 Å². The number of nitrogen functional groups attached to an aromatic ring is 1. The van der Waals surface area contributed by atoms with Gasteiger partial charge in [0.15, 0.2) is 0 Å². The predicted molar refractivity (Wildman–Crippen MR) is 81.0 cm³/mol. The van der Waals surface area contributed by atoms with E-state index in [2.05, 4.69) is 15.0 Å². The molecule has 23 heavy (non-hydrogen) atoms. The molecular formula is C15H16F3N5. The van der Waals surface area contributed by atoms with E-state index in [9.17, 15) is 13.2 Å². The second-order valence-electron chi connectivity index (χ2n) is 4.97. The fourth-order valence-electron chi connectivity index (χ4n) is 1.84. The number of alkyl halides is 3. The van der Waals surface area contributed by atoms with Gasteiger partial charge in [0.2, 0.25) is 0 Å². The molecule has 0 spiro atoms. The highest BCUT2D eigenvalue weighted by Crippen LogP contribution is 2.32. The first kappa shape index (κ1) is 16.6. The number of rotatable bonds is 1. The minimum atomic E-state index is -4.40. The number of imidazole rings is 2. The number of hydrogen-bond donors (Lipinski definition) is 2. The lowest BCUT2D eigenvalue weighted by atomic mass is 10.1. The van der Waals surface area contributed by atoms with Crippen LogP contribution in [0.3, 0.4) is 0 Å². The Morgan fingerprint density at radius 3 is 2.35 bits per heavy atom. The summed E-state index contributed by atoms with van der Waals surface area (Å²) in [6.07, 6.45) is 2.12. The molecule has 0 radical (unpaired) electrons. The van der Waals surface area contributed by atoms with Gasteiger partial charge >= 0.3 is 6.18 Å². The third-order valence-electron chi connectivity index (χ3n) is 2.91. The molecule has 0 amide bonds. The standard InChI is InChI=1S/C11H10F3N3.C4H6N2/c1-7-5-17(6-16-7)10-3-8(11(12,13)14)2-9(15)4-10;1-4-2-5-3-6-4/h2-6H,15H2,1H3;2-3H,1H3,(H,5,6). The highest BCUT2D eigenvalue weighted by Gasteiger charge is 2.31. The second kappa shape index (κ2) is 6.55. The number of aryl methyl sites for hydroxylation is 2. The van der Waals surface area contributed by atoms with Crippen molar-refractivity contribution in [2.24, 2.45) is 0 Å². The molecule has 0 saturated heterocycles. The summed E-state index contributed by atoms with van der Waals surface area (Å²) < 4.78 is 39.3. The number of aromatic nitrogens is 4. The molecule has 8 heteroatoms. The van der Waals surface area contributed by atoms with Crippen molar-refractivity contribution >= 4 is 5.69 Å². The van der Waals surface area contributed by atoms with E-state index in [4.69, 9.17) is 5.73 Å². The summed E-state index contributed by atoms with van der Waals surface area (Å²) >= 11 is 0. The van der Waals surface area contributed by atoms with Crippen LogP contribution in [0, 0.1) is 13.8 Å². The Morgan fingerprint density at radius 1 is 1.17 bits per heavy atom. The van der Waals surface area contributed by atoms with E-state index in [1.165, 1.54) is 17.0 Å². The average molecular weight is 323 g/mol. The van der Waals surface area contributed by atoms with Crippen LogP contribution in [0.2, 0.25) is 0 Å². The Bertz CT molecular complexity index is 760. The summed E-state index contributed by atoms with van der Waals surface area (Å²) in [6.45, 7) is 3.72. The van der Waals surface area contributed by atoms with Gasteiger partial charge in [-0.15, -0.1) is 0 Å². The van der Waals surface area contributed by atoms with Gasteiger partial charge in [0.1, 0.15) is 0 Å². The van der Waals surface area contributed by atoms with E-state index >= 15 is 0 Å². The fraction of sp³-hybridized carbons (Fsp3) is 0.200. The Morgan fingerprint density at radius 2 is 1.91 bits per heavy atom. The van der Waals surface area contributed by atoms with Crippen LogP contribution in [0.1, 0.15) is 17.0 Å². The number of aromatic amines is 1. The molecule has 1 aromatic carbocycles. The molecule has 0 aliphatic heterocycles. The van der Waals surface area contributed by atoms with Crippen molar-refractivity contribution in [1.82, 2.24) is 19.5 Å². The predicted octanol–water partition coefficient (Wildman–Crippen LogP) is 3.50. The first-order valence-corrected chi connectivity index (χ1v) is 6.69. The van der Waals surface area contributed by atoms with Crippen LogP contribution in [-0.2, 0) is 6.18 Å². The zero-order chi connectivity index (χ0) is 17.0. The summed E-state index contributed by atoms with van der Waals surface area (Å²) in [5.41, 5.74) is 6.95. The number of nitrogens with two attached hydrogens (primary N) is 1. The average Bonchev–Trinajstić information content (AvgIpc) is 3.09. The van der Waals surface area contributed by atoms with Crippen molar-refractivity contribution in [3.63, 3.8) is 0 Å². The molecular weight excluding hydrogens is 307 g/mol. The third-order valence-corrected chi connectivity index (χ3v) is 2.91. The van der Waals surface area contributed by atoms with Gasteiger partial charge in [-0.1, -0.05) is 0 Å². The first-order chi connectivity index (χ1) is 10.8. The van der Waals surface area contributed by atoms with Gasteiger partial charge in [-0.25, -0.2) is 9.97 Å². The van der Waals surface area contributed by atoms with E-state index in [1.807, 2.05) is 6.92 Å². The molecule has 3 rings (SSSR count). The molecule has 3 N–H and O–H groups in total. The first-order valence-electron chi connectivity index (χ1n) is 6.69. The number of hydrogen-bond acceptors (Lipinski definition) is 3. The number of H-pyrrole nitrogens is 1. The largest absolute Gasteiger partial charge is 0.416 e. The Labute approximate surface area is 131 Å². The van der Waals surface area contributed by atoms with Crippen LogP contribution in [0.5, 0.6) is 0 Å². The zero-order valence-corrected chi connectivity index (χ0v) is 12.6. The molecule has 0 aliphatic carbocycles. The Kier molecular flexibility index (Phi) is 4.73. The van der Waals surface area contributed by atoms with Crippen LogP contribution in [0.25, 0.3) is 5.69 Å². The van der Waals surface area contributed by atoms with Crippen molar-refractivity contribution in [2.45, 2.75) is 20.0 Å². The quantitative estimate of drug-likeness (QED) is 0.673. The summed E-state index contributed by atoms with van der Waals surface area (Å²) in [4.78, 5) is 10.6. The SMILES string of the molecule is Cc1cn(-c2cc(N)cc(C(F)(F)F)c2)cn1.Cc1cnc[nH]1. The van der Waals surface area contributed by atoms with Crippen LogP contribution < -0.4 is 5.73 Å². The number of nitrogens with one attached hydrogen (secondary N) is 1. The molecule has 0 saturated carbocycles. The van der Waals surface area contributed by atoms with Crippen molar-refractivity contribution in [3.8, 4) is 5.69 Å². The minimum absolute atomic E-state index is 0.0705. The Balaban J connectivity index is 0.000000268. The van der Waals surface area contributed by atoms with Crippen LogP contribution in [0.4, 0.5) is 18.9 Å². The molecule has 2 aromatic heterocycles. The van der Waals surface area contributed by atoms with Crippen LogP contribution in [-0.4, -0.2) is 19.5 Å². The maximum absolute atomic E-state index is 12.6. The maximum Gasteiger partial charge on any atom is 0.416 e. The number of nitrogens with zero attached hydrogens (tertiary/aromatic N) is 3. The van der Waals surface area contributed by atoms with Gasteiger partial charge in [-0.3, -0.25) is 0 Å². The highest BCUT2D eigenvalue weighted by atomic mass is 19.4. The lowest BCUT2D eigenvalue weighted by molar-refractivity contribution is -0.137. The molecule has 0 fully saturated rings. The molecule has 0 bridgehead atoms. The van der Waals surface area contributed by atoms with E-state index in [1.54, 1.807) is 25.6 Å². The number of anilines is 1. The normalized spacial score (nSPS) is 11.0. The lowest BCUT2D eigenvalue weighted by Crippen LogP contribution is -2.07. The van der Waals surface area contributed by atoms with Crippen molar-refractivity contribution < 1.29 is 13.2 Å². The van der Waals surface area contributed by atoms with Crippen LogP contribution in [0.15, 0.2) is 43.2 Å². The van der Waals surface area contributed by atoms with Crippen molar-refractivity contribution in [1.29, 1.82) is 0 Å². The lowest BCUT2D eigenvalue weighted by Gasteiger charge is -2.10. The summed E-state index contributed by atoms with van der Waals surface area (Å²) in [6, 6.07) is 3.42. The molecule has 3 aromatic rings. The summed E-state index contributed by atoms with van der Waals surface area (Å²) in [7, 11) is 0. The Hall–Kier alpha value is -2.77. The highest BCUT2D eigenvalue weighted by molar-refractivity contribution is 5.51. The topological polar surface area (TPSA) is 72.5 Å². The fourth-order valence-corrected chi connectivity index (χ4v) is 1.84. The van der Waals surface area contributed by atoms with Gasteiger partial charge in [0.25, 0.3) is 0 Å². The van der Waals surface area contributed by atoms with Gasteiger partial charge in [-0.2, -0.15) is 13.2 Å². The molecule has 0 aliphatic rings.